The standard InChI is InChI=1S/C15H21F2NO3/c1-14(2,3)21-13(19)18-7-4-12(15(16,17)10-18)11-5-8-20-9-6-11/h4-5H,6-10H2,1-3H3. The van der Waals surface area contributed by atoms with E-state index in [1.165, 1.54) is 6.08 Å². The van der Waals surface area contributed by atoms with Crippen molar-refractivity contribution in [3.8, 4) is 0 Å². The number of alkyl halides is 2. The smallest absolute Gasteiger partial charge is 0.410 e. The molecule has 6 heteroatoms. The van der Waals surface area contributed by atoms with E-state index in [1.807, 2.05) is 0 Å². The van der Waals surface area contributed by atoms with Gasteiger partial charge in [-0.3, -0.25) is 4.90 Å². The number of amides is 1. The van der Waals surface area contributed by atoms with Crippen LogP contribution in [0.5, 0.6) is 0 Å². The lowest BCUT2D eigenvalue weighted by molar-refractivity contribution is -0.0226. The molecule has 0 saturated heterocycles. The lowest BCUT2D eigenvalue weighted by atomic mass is 9.93. The quantitative estimate of drug-likeness (QED) is 0.747. The van der Waals surface area contributed by atoms with Crippen LogP contribution in [0.15, 0.2) is 23.3 Å². The van der Waals surface area contributed by atoms with Gasteiger partial charge < -0.3 is 9.47 Å². The van der Waals surface area contributed by atoms with Crippen LogP contribution in [-0.2, 0) is 9.47 Å². The highest BCUT2D eigenvalue weighted by Gasteiger charge is 2.43. The fraction of sp³-hybridized carbons (Fsp3) is 0.667. The number of carbonyl (C=O) groups excluding carboxylic acids is 1. The molecule has 0 aliphatic carbocycles. The van der Waals surface area contributed by atoms with E-state index in [9.17, 15) is 13.6 Å². The summed E-state index contributed by atoms with van der Waals surface area (Å²) < 4.78 is 38.9. The van der Waals surface area contributed by atoms with Gasteiger partial charge in [-0.2, -0.15) is 8.78 Å². The summed E-state index contributed by atoms with van der Waals surface area (Å²) in [5.41, 5.74) is -0.0553. The molecule has 118 valence electrons. The number of halogens is 2. The molecule has 1 amide bonds. The van der Waals surface area contributed by atoms with E-state index < -0.39 is 24.2 Å². The van der Waals surface area contributed by atoms with Crippen molar-refractivity contribution in [2.75, 3.05) is 26.3 Å². The monoisotopic (exact) mass is 301 g/mol. The van der Waals surface area contributed by atoms with Crippen LogP contribution in [0.4, 0.5) is 13.6 Å². The first-order chi connectivity index (χ1) is 9.69. The van der Waals surface area contributed by atoms with Crippen molar-refractivity contribution in [3.05, 3.63) is 23.3 Å². The highest BCUT2D eigenvalue weighted by atomic mass is 19.3. The molecule has 0 spiro atoms. The van der Waals surface area contributed by atoms with Gasteiger partial charge in [0.05, 0.1) is 19.8 Å². The molecular formula is C15H21F2NO3. The van der Waals surface area contributed by atoms with Crippen molar-refractivity contribution >= 4 is 6.09 Å². The number of ether oxygens (including phenoxy) is 2. The van der Waals surface area contributed by atoms with Crippen molar-refractivity contribution in [1.29, 1.82) is 0 Å². The first-order valence-corrected chi connectivity index (χ1v) is 7.02. The molecule has 2 rings (SSSR count). The number of nitrogens with zero attached hydrogens (tertiary/aromatic N) is 1. The average molecular weight is 301 g/mol. The number of hydrogen-bond acceptors (Lipinski definition) is 3. The Morgan fingerprint density at radius 2 is 2.10 bits per heavy atom. The summed E-state index contributed by atoms with van der Waals surface area (Å²) in [6.07, 6.45) is 2.88. The minimum absolute atomic E-state index is 0.0191. The van der Waals surface area contributed by atoms with Crippen LogP contribution in [0.2, 0.25) is 0 Å². The Balaban J connectivity index is 2.12. The summed E-state index contributed by atoms with van der Waals surface area (Å²) in [4.78, 5) is 12.9. The summed E-state index contributed by atoms with van der Waals surface area (Å²) in [6, 6.07) is 0. The van der Waals surface area contributed by atoms with Gasteiger partial charge in [0.2, 0.25) is 0 Å². The third-order valence-corrected chi connectivity index (χ3v) is 3.26. The highest BCUT2D eigenvalue weighted by molar-refractivity contribution is 5.69. The molecule has 2 heterocycles. The third-order valence-electron chi connectivity index (χ3n) is 3.26. The molecule has 0 unspecified atom stereocenters. The Morgan fingerprint density at radius 3 is 2.62 bits per heavy atom. The molecule has 0 bridgehead atoms. The lowest BCUT2D eigenvalue weighted by Gasteiger charge is -2.35. The van der Waals surface area contributed by atoms with Crippen LogP contribution in [0.25, 0.3) is 0 Å². The third kappa shape index (κ3) is 4.03. The molecule has 2 aliphatic heterocycles. The number of carbonyl (C=O) groups is 1. The van der Waals surface area contributed by atoms with Crippen molar-refractivity contribution in [1.82, 2.24) is 4.90 Å². The number of rotatable bonds is 1. The Morgan fingerprint density at radius 1 is 1.38 bits per heavy atom. The molecule has 0 saturated carbocycles. The van der Waals surface area contributed by atoms with E-state index in [0.717, 1.165) is 4.90 Å². The maximum Gasteiger partial charge on any atom is 0.410 e. The number of hydrogen-bond donors (Lipinski definition) is 0. The van der Waals surface area contributed by atoms with E-state index in [-0.39, 0.29) is 12.1 Å². The summed E-state index contributed by atoms with van der Waals surface area (Å²) in [6.45, 7) is 5.43. The van der Waals surface area contributed by atoms with Crippen LogP contribution < -0.4 is 0 Å². The van der Waals surface area contributed by atoms with E-state index in [4.69, 9.17) is 9.47 Å². The van der Waals surface area contributed by atoms with E-state index in [1.54, 1.807) is 26.8 Å². The summed E-state index contributed by atoms with van der Waals surface area (Å²) >= 11 is 0. The van der Waals surface area contributed by atoms with E-state index >= 15 is 0 Å². The molecule has 0 aromatic carbocycles. The molecule has 0 atom stereocenters. The Labute approximate surface area is 123 Å². The summed E-state index contributed by atoms with van der Waals surface area (Å²) in [5, 5.41) is 0. The minimum atomic E-state index is -3.06. The van der Waals surface area contributed by atoms with Gasteiger partial charge in [0.15, 0.2) is 0 Å². The second-order valence-electron chi connectivity index (χ2n) is 6.24. The normalized spacial score (nSPS) is 22.4. The molecule has 0 aromatic rings. The average Bonchev–Trinajstić information content (AvgIpc) is 2.36. The fourth-order valence-electron chi connectivity index (χ4n) is 2.34. The van der Waals surface area contributed by atoms with Gasteiger partial charge in [-0.25, -0.2) is 4.79 Å². The molecule has 0 aromatic heterocycles. The zero-order valence-electron chi connectivity index (χ0n) is 12.6. The van der Waals surface area contributed by atoms with Gasteiger partial charge in [-0.15, -0.1) is 0 Å². The van der Waals surface area contributed by atoms with Crippen LogP contribution in [-0.4, -0.2) is 48.8 Å². The van der Waals surface area contributed by atoms with Gasteiger partial charge >= 0.3 is 6.09 Å². The van der Waals surface area contributed by atoms with Gasteiger partial charge in [-0.1, -0.05) is 12.2 Å². The van der Waals surface area contributed by atoms with Crippen molar-refractivity contribution < 1.29 is 23.0 Å². The van der Waals surface area contributed by atoms with Crippen LogP contribution in [0, 0.1) is 0 Å². The molecule has 4 nitrogen and oxygen atoms in total. The lowest BCUT2D eigenvalue weighted by Crippen LogP contribution is -2.47. The first kappa shape index (κ1) is 15.9. The second-order valence-corrected chi connectivity index (χ2v) is 6.24. The van der Waals surface area contributed by atoms with Gasteiger partial charge in [0.1, 0.15) is 5.60 Å². The van der Waals surface area contributed by atoms with Crippen molar-refractivity contribution in [2.24, 2.45) is 0 Å². The molecule has 0 radical (unpaired) electrons. The van der Waals surface area contributed by atoms with Crippen molar-refractivity contribution in [2.45, 2.75) is 38.7 Å². The Hall–Kier alpha value is -1.43. The molecule has 2 aliphatic rings. The topological polar surface area (TPSA) is 38.8 Å². The van der Waals surface area contributed by atoms with Crippen LogP contribution in [0.3, 0.4) is 0 Å². The zero-order chi connectivity index (χ0) is 15.7. The molecule has 21 heavy (non-hydrogen) atoms. The van der Waals surface area contributed by atoms with Crippen LogP contribution in [0.1, 0.15) is 27.2 Å². The maximum atomic E-state index is 14.3. The SMILES string of the molecule is CC(C)(C)OC(=O)N1CC=C(C2=CCOCC2)C(F)(F)C1. The fourth-order valence-corrected chi connectivity index (χ4v) is 2.34. The minimum Gasteiger partial charge on any atom is -0.444 e. The van der Waals surface area contributed by atoms with Gasteiger partial charge in [0.25, 0.3) is 5.92 Å². The summed E-state index contributed by atoms with van der Waals surface area (Å²) in [7, 11) is 0. The predicted octanol–water partition coefficient (Wildman–Crippen LogP) is 3.15. The zero-order valence-corrected chi connectivity index (χ0v) is 12.6. The molecule has 0 fully saturated rings. The van der Waals surface area contributed by atoms with Gasteiger partial charge in [0, 0.05) is 12.1 Å². The first-order valence-electron chi connectivity index (χ1n) is 7.02. The predicted molar refractivity (Wildman–Crippen MR) is 74.4 cm³/mol. The van der Waals surface area contributed by atoms with Crippen LogP contribution >= 0.6 is 0 Å². The van der Waals surface area contributed by atoms with Crippen molar-refractivity contribution in [3.63, 3.8) is 0 Å². The van der Waals surface area contributed by atoms with E-state index in [2.05, 4.69) is 0 Å². The molecule has 0 N–H and O–H groups in total. The second kappa shape index (κ2) is 5.75. The summed E-state index contributed by atoms with van der Waals surface area (Å²) in [5.74, 6) is -3.06. The maximum absolute atomic E-state index is 14.3. The van der Waals surface area contributed by atoms with E-state index in [0.29, 0.717) is 25.2 Å². The molecular weight excluding hydrogens is 280 g/mol. The Kier molecular flexibility index (Phi) is 4.37. The van der Waals surface area contributed by atoms with Gasteiger partial charge in [-0.05, 0) is 32.8 Å². The largest absolute Gasteiger partial charge is 0.444 e. The highest BCUT2D eigenvalue weighted by Crippen LogP contribution is 2.36. The Bertz CT molecular complexity index is 478.